The fourth-order valence-corrected chi connectivity index (χ4v) is 3.16. The van der Waals surface area contributed by atoms with Crippen LogP contribution in [0, 0.1) is 6.92 Å². The third-order valence-electron chi connectivity index (χ3n) is 3.31. The first-order chi connectivity index (χ1) is 10.5. The number of primary amides is 1. The molecule has 6 heteroatoms. The molecule has 0 unspecified atom stereocenters. The van der Waals surface area contributed by atoms with Crippen molar-refractivity contribution in [3.8, 4) is 0 Å². The smallest absolute Gasteiger partial charge is 0.275 e. The molecule has 0 aliphatic rings. The molecule has 0 spiro atoms. The summed E-state index contributed by atoms with van der Waals surface area (Å²) in [6, 6.07) is 10.1. The van der Waals surface area contributed by atoms with E-state index in [4.69, 9.17) is 5.73 Å². The van der Waals surface area contributed by atoms with Crippen LogP contribution < -0.4 is 16.6 Å². The van der Waals surface area contributed by atoms with Gasteiger partial charge >= 0.3 is 0 Å². The van der Waals surface area contributed by atoms with Gasteiger partial charge in [0.15, 0.2) is 0 Å². The summed E-state index contributed by atoms with van der Waals surface area (Å²) in [6.45, 7) is 4.03. The van der Waals surface area contributed by atoms with Crippen molar-refractivity contribution in [1.82, 2.24) is 10.9 Å². The number of hydrazine groups is 1. The van der Waals surface area contributed by atoms with Crippen LogP contribution in [0.15, 0.2) is 36.4 Å². The maximum atomic E-state index is 12.2. The molecule has 5 nitrogen and oxygen atoms in total. The second-order valence-electron chi connectivity index (χ2n) is 4.91. The standard InChI is InChI=1S/C16H19N3O2S/c1-3-12-10(2)9-13(22-12)16(21)19-18-14(15(17)20)11-7-5-4-6-8-11/h4-9,14,18H,3H2,1-2H3,(H2,17,20)(H,19,21)/t14-/m1/s1. The number of hydrogen-bond donors (Lipinski definition) is 3. The van der Waals surface area contributed by atoms with E-state index in [0.29, 0.717) is 10.4 Å². The Morgan fingerprint density at radius 1 is 1.27 bits per heavy atom. The molecule has 0 aliphatic heterocycles. The zero-order chi connectivity index (χ0) is 16.1. The molecule has 1 atom stereocenters. The number of hydrogen-bond acceptors (Lipinski definition) is 4. The summed E-state index contributed by atoms with van der Waals surface area (Å²) in [6.07, 6.45) is 0.894. The van der Waals surface area contributed by atoms with E-state index in [9.17, 15) is 9.59 Å². The number of nitrogens with one attached hydrogen (secondary N) is 2. The van der Waals surface area contributed by atoms with Crippen LogP contribution in [0.5, 0.6) is 0 Å². The van der Waals surface area contributed by atoms with E-state index in [1.165, 1.54) is 16.2 Å². The molecule has 0 saturated heterocycles. The summed E-state index contributed by atoms with van der Waals surface area (Å²) in [5.74, 6) is -0.821. The Hall–Kier alpha value is -2.18. The van der Waals surface area contributed by atoms with E-state index >= 15 is 0 Å². The molecule has 0 aliphatic carbocycles. The van der Waals surface area contributed by atoms with Gasteiger partial charge in [-0.05, 0) is 30.5 Å². The van der Waals surface area contributed by atoms with Gasteiger partial charge in [0.05, 0.1) is 4.88 Å². The van der Waals surface area contributed by atoms with Crippen molar-refractivity contribution in [2.24, 2.45) is 5.73 Å². The Morgan fingerprint density at radius 3 is 2.50 bits per heavy atom. The summed E-state index contributed by atoms with van der Waals surface area (Å²) >= 11 is 1.46. The summed E-state index contributed by atoms with van der Waals surface area (Å²) in [5.41, 5.74) is 12.5. The van der Waals surface area contributed by atoms with Crippen molar-refractivity contribution in [2.45, 2.75) is 26.3 Å². The Labute approximate surface area is 133 Å². The van der Waals surface area contributed by atoms with Gasteiger partial charge in [0.1, 0.15) is 6.04 Å². The molecule has 2 amide bonds. The molecule has 1 aromatic heterocycles. The Morgan fingerprint density at radius 2 is 1.95 bits per heavy atom. The number of amides is 2. The Bertz CT molecular complexity index is 667. The average molecular weight is 317 g/mol. The van der Waals surface area contributed by atoms with Gasteiger partial charge in [-0.25, -0.2) is 5.43 Å². The number of thiophene rings is 1. The molecule has 1 aromatic carbocycles. The van der Waals surface area contributed by atoms with Crippen LogP contribution in [0.25, 0.3) is 0 Å². The molecule has 0 saturated carbocycles. The summed E-state index contributed by atoms with van der Waals surface area (Å²) < 4.78 is 0. The molecule has 1 heterocycles. The highest BCUT2D eigenvalue weighted by Gasteiger charge is 2.19. The lowest BCUT2D eigenvalue weighted by molar-refractivity contribution is -0.120. The van der Waals surface area contributed by atoms with E-state index in [1.807, 2.05) is 31.2 Å². The predicted octanol–water partition coefficient (Wildman–Crippen LogP) is 2.08. The maximum absolute atomic E-state index is 12.2. The van der Waals surface area contributed by atoms with Gasteiger partial charge in [-0.1, -0.05) is 37.3 Å². The van der Waals surface area contributed by atoms with Crippen LogP contribution in [0.2, 0.25) is 0 Å². The van der Waals surface area contributed by atoms with Gasteiger partial charge < -0.3 is 5.73 Å². The quantitative estimate of drug-likeness (QED) is 0.713. The SMILES string of the molecule is CCc1sc(C(=O)NN[C@@H](C(N)=O)c2ccccc2)cc1C. The second-order valence-corrected chi connectivity index (χ2v) is 6.05. The minimum absolute atomic E-state index is 0.269. The fourth-order valence-electron chi connectivity index (χ4n) is 2.15. The van der Waals surface area contributed by atoms with Crippen molar-refractivity contribution in [3.05, 3.63) is 57.3 Å². The maximum Gasteiger partial charge on any atom is 0.275 e. The lowest BCUT2D eigenvalue weighted by Crippen LogP contribution is -2.44. The van der Waals surface area contributed by atoms with Crippen LogP contribution in [0.1, 0.15) is 38.6 Å². The van der Waals surface area contributed by atoms with E-state index in [2.05, 4.69) is 17.8 Å². The largest absolute Gasteiger partial charge is 0.368 e. The first-order valence-electron chi connectivity index (χ1n) is 7.02. The number of carbonyl (C=O) groups is 2. The number of nitrogens with two attached hydrogens (primary N) is 1. The van der Waals surface area contributed by atoms with Crippen molar-refractivity contribution >= 4 is 23.2 Å². The van der Waals surface area contributed by atoms with Crippen molar-refractivity contribution in [2.75, 3.05) is 0 Å². The first kappa shape index (κ1) is 16.2. The van der Waals surface area contributed by atoms with Gasteiger partial charge in [-0.15, -0.1) is 11.3 Å². The highest BCUT2D eigenvalue weighted by molar-refractivity contribution is 7.14. The Kier molecular flexibility index (Phi) is 5.30. The molecule has 0 radical (unpaired) electrons. The average Bonchev–Trinajstić information content (AvgIpc) is 2.89. The topological polar surface area (TPSA) is 84.2 Å². The summed E-state index contributed by atoms with van der Waals surface area (Å²) in [4.78, 5) is 25.5. The summed E-state index contributed by atoms with van der Waals surface area (Å²) in [5, 5.41) is 0. The monoisotopic (exact) mass is 317 g/mol. The molecular formula is C16H19N3O2S. The van der Waals surface area contributed by atoms with Crippen LogP contribution in [0.3, 0.4) is 0 Å². The van der Waals surface area contributed by atoms with Crippen molar-refractivity contribution in [1.29, 1.82) is 0 Å². The molecule has 2 aromatic rings. The van der Waals surface area contributed by atoms with Crippen molar-refractivity contribution < 1.29 is 9.59 Å². The van der Waals surface area contributed by atoms with E-state index < -0.39 is 11.9 Å². The van der Waals surface area contributed by atoms with Crippen LogP contribution in [-0.2, 0) is 11.2 Å². The third kappa shape index (κ3) is 3.72. The van der Waals surface area contributed by atoms with E-state index in [0.717, 1.165) is 12.0 Å². The van der Waals surface area contributed by atoms with E-state index in [-0.39, 0.29) is 5.91 Å². The highest BCUT2D eigenvalue weighted by Crippen LogP contribution is 2.22. The molecule has 0 fully saturated rings. The predicted molar refractivity (Wildman–Crippen MR) is 87.4 cm³/mol. The van der Waals surface area contributed by atoms with Gasteiger partial charge in [0.25, 0.3) is 5.91 Å². The van der Waals surface area contributed by atoms with E-state index in [1.54, 1.807) is 12.1 Å². The lowest BCUT2D eigenvalue weighted by Gasteiger charge is -2.16. The Balaban J connectivity index is 2.06. The molecule has 116 valence electrons. The minimum Gasteiger partial charge on any atom is -0.368 e. The first-order valence-corrected chi connectivity index (χ1v) is 7.84. The molecular weight excluding hydrogens is 298 g/mol. The number of benzene rings is 1. The van der Waals surface area contributed by atoms with Crippen LogP contribution >= 0.6 is 11.3 Å². The molecule has 22 heavy (non-hydrogen) atoms. The molecule has 2 rings (SSSR count). The van der Waals surface area contributed by atoms with Gasteiger partial charge in [0, 0.05) is 4.88 Å². The van der Waals surface area contributed by atoms with Crippen LogP contribution in [0.4, 0.5) is 0 Å². The normalized spacial score (nSPS) is 11.9. The second kappa shape index (κ2) is 7.20. The molecule has 0 bridgehead atoms. The highest BCUT2D eigenvalue weighted by atomic mass is 32.1. The van der Waals surface area contributed by atoms with Gasteiger partial charge in [0.2, 0.25) is 5.91 Å². The minimum atomic E-state index is -0.767. The zero-order valence-electron chi connectivity index (χ0n) is 12.6. The fraction of sp³-hybridized carbons (Fsp3) is 0.250. The van der Waals surface area contributed by atoms with Crippen LogP contribution in [-0.4, -0.2) is 11.8 Å². The molecule has 4 N–H and O–H groups in total. The summed E-state index contributed by atoms with van der Waals surface area (Å²) in [7, 11) is 0. The number of aryl methyl sites for hydroxylation is 2. The number of carbonyl (C=O) groups excluding carboxylic acids is 2. The van der Waals surface area contributed by atoms with Gasteiger partial charge in [-0.3, -0.25) is 15.0 Å². The lowest BCUT2D eigenvalue weighted by atomic mass is 10.1. The third-order valence-corrected chi connectivity index (χ3v) is 4.69. The van der Waals surface area contributed by atoms with Gasteiger partial charge in [-0.2, -0.15) is 0 Å². The number of rotatable bonds is 6. The zero-order valence-corrected chi connectivity index (χ0v) is 13.4. The van der Waals surface area contributed by atoms with Crippen molar-refractivity contribution in [3.63, 3.8) is 0 Å².